The van der Waals surface area contributed by atoms with Gasteiger partial charge in [-0.1, -0.05) is 12.1 Å². The van der Waals surface area contributed by atoms with Gasteiger partial charge in [-0.05, 0) is 40.3 Å². The molecule has 0 atom stereocenters. The Balaban J connectivity index is 2.57. The maximum Gasteiger partial charge on any atom is 0.341 e. The van der Waals surface area contributed by atoms with Gasteiger partial charge in [-0.15, -0.1) is 0 Å². The normalized spacial score (nSPS) is 10.9. The van der Waals surface area contributed by atoms with Gasteiger partial charge in [0.05, 0.1) is 0 Å². The van der Waals surface area contributed by atoms with E-state index in [-0.39, 0.29) is 5.97 Å². The molecule has 0 bridgehead atoms. The Labute approximate surface area is 121 Å². The number of esters is 1. The zero-order valence-corrected chi connectivity index (χ0v) is 12.8. The number of hydrogen-bond donors (Lipinski definition) is 0. The van der Waals surface area contributed by atoms with Crippen LogP contribution in [-0.4, -0.2) is 70.3 Å². The van der Waals surface area contributed by atoms with Crippen molar-refractivity contribution >= 4 is 5.97 Å². The van der Waals surface area contributed by atoms with E-state index in [1.54, 1.807) is 18.2 Å². The van der Waals surface area contributed by atoms with Crippen molar-refractivity contribution in [1.29, 1.82) is 0 Å². The molecule has 5 heteroatoms. The predicted octanol–water partition coefficient (Wildman–Crippen LogP) is 1.35. The summed E-state index contributed by atoms with van der Waals surface area (Å²) in [5, 5.41) is 0. The van der Waals surface area contributed by atoms with Crippen LogP contribution in [0.15, 0.2) is 24.3 Å². The van der Waals surface area contributed by atoms with Crippen molar-refractivity contribution in [1.82, 2.24) is 9.80 Å². The highest BCUT2D eigenvalue weighted by molar-refractivity contribution is 5.92. The number of ether oxygens (including phenoxy) is 2. The molecule has 0 aliphatic heterocycles. The fraction of sp³-hybridized carbons (Fsp3) is 0.533. The molecule has 112 valence electrons. The van der Waals surface area contributed by atoms with E-state index >= 15 is 0 Å². The molecular formula is C15H24N2O3. The number of rotatable bonds is 8. The third-order valence-corrected chi connectivity index (χ3v) is 2.67. The third kappa shape index (κ3) is 6.04. The van der Waals surface area contributed by atoms with Gasteiger partial charge < -0.3 is 19.3 Å². The first kappa shape index (κ1) is 16.5. The topological polar surface area (TPSA) is 42.0 Å². The molecule has 20 heavy (non-hydrogen) atoms. The van der Waals surface area contributed by atoms with Gasteiger partial charge in [-0.25, -0.2) is 4.79 Å². The van der Waals surface area contributed by atoms with E-state index < -0.39 is 0 Å². The lowest BCUT2D eigenvalue weighted by Gasteiger charge is -2.14. The number of likely N-dealkylation sites (N-methyl/N-ethyl adjacent to an activating group) is 2. The van der Waals surface area contributed by atoms with Gasteiger partial charge in [-0.3, -0.25) is 0 Å². The van der Waals surface area contributed by atoms with Crippen LogP contribution in [-0.2, 0) is 4.74 Å². The number of carbonyl (C=O) groups excluding carboxylic acids is 1. The first-order valence-corrected chi connectivity index (χ1v) is 6.69. The number of hydrogen-bond acceptors (Lipinski definition) is 5. The van der Waals surface area contributed by atoms with E-state index in [4.69, 9.17) is 9.47 Å². The highest BCUT2D eigenvalue weighted by Crippen LogP contribution is 2.18. The summed E-state index contributed by atoms with van der Waals surface area (Å²) in [7, 11) is 7.83. The van der Waals surface area contributed by atoms with Crippen LogP contribution >= 0.6 is 0 Å². The molecule has 0 aliphatic carbocycles. The van der Waals surface area contributed by atoms with Crippen LogP contribution in [0, 0.1) is 0 Å². The predicted molar refractivity (Wildman–Crippen MR) is 79.3 cm³/mol. The molecule has 0 radical (unpaired) electrons. The molecule has 1 aromatic rings. The average molecular weight is 280 g/mol. The molecule has 0 saturated heterocycles. The van der Waals surface area contributed by atoms with E-state index in [1.165, 1.54) is 0 Å². The molecule has 0 saturated carbocycles. The molecule has 0 fully saturated rings. The van der Waals surface area contributed by atoms with Gasteiger partial charge in [0.15, 0.2) is 0 Å². The van der Waals surface area contributed by atoms with Crippen molar-refractivity contribution < 1.29 is 14.3 Å². The molecule has 1 rings (SSSR count). The van der Waals surface area contributed by atoms with Crippen LogP contribution in [0.4, 0.5) is 0 Å². The number of nitrogens with zero attached hydrogens (tertiary/aromatic N) is 2. The Bertz CT molecular complexity index is 419. The van der Waals surface area contributed by atoms with Crippen molar-refractivity contribution in [3.05, 3.63) is 29.8 Å². The SMILES string of the molecule is CN(C)CCOC(=O)c1ccccc1OCCN(C)C. The third-order valence-electron chi connectivity index (χ3n) is 2.67. The van der Waals surface area contributed by atoms with Crippen LogP contribution in [0.3, 0.4) is 0 Å². The Morgan fingerprint density at radius 2 is 1.60 bits per heavy atom. The van der Waals surface area contributed by atoms with E-state index in [0.29, 0.717) is 31.1 Å². The Morgan fingerprint density at radius 3 is 2.25 bits per heavy atom. The first-order chi connectivity index (χ1) is 9.50. The lowest BCUT2D eigenvalue weighted by atomic mass is 10.2. The van der Waals surface area contributed by atoms with E-state index in [9.17, 15) is 4.79 Å². The maximum absolute atomic E-state index is 12.0. The minimum atomic E-state index is -0.340. The lowest BCUT2D eigenvalue weighted by Crippen LogP contribution is -2.21. The largest absolute Gasteiger partial charge is 0.491 e. The Hall–Kier alpha value is -1.59. The molecule has 0 aromatic heterocycles. The smallest absolute Gasteiger partial charge is 0.341 e. The van der Waals surface area contributed by atoms with Crippen molar-refractivity contribution in [3.8, 4) is 5.75 Å². The van der Waals surface area contributed by atoms with Crippen LogP contribution in [0.5, 0.6) is 5.75 Å². The molecule has 0 heterocycles. The number of carbonyl (C=O) groups is 1. The second kappa shape index (κ2) is 8.55. The number of benzene rings is 1. The van der Waals surface area contributed by atoms with Crippen molar-refractivity contribution in [2.75, 3.05) is 54.5 Å². The Morgan fingerprint density at radius 1 is 1.00 bits per heavy atom. The van der Waals surface area contributed by atoms with Gasteiger partial charge in [0.2, 0.25) is 0 Å². The Kier molecular flexibility index (Phi) is 7.04. The number of para-hydroxylation sites is 1. The van der Waals surface area contributed by atoms with Crippen LogP contribution in [0.25, 0.3) is 0 Å². The average Bonchev–Trinajstić information content (AvgIpc) is 2.38. The van der Waals surface area contributed by atoms with E-state index in [0.717, 1.165) is 6.54 Å². The monoisotopic (exact) mass is 280 g/mol. The zero-order chi connectivity index (χ0) is 15.0. The fourth-order valence-corrected chi connectivity index (χ4v) is 1.50. The van der Waals surface area contributed by atoms with Gasteiger partial charge in [0.25, 0.3) is 0 Å². The van der Waals surface area contributed by atoms with Gasteiger partial charge in [0, 0.05) is 13.1 Å². The first-order valence-electron chi connectivity index (χ1n) is 6.69. The van der Waals surface area contributed by atoms with Crippen molar-refractivity contribution in [2.24, 2.45) is 0 Å². The molecule has 0 unspecified atom stereocenters. The zero-order valence-electron chi connectivity index (χ0n) is 12.8. The molecular weight excluding hydrogens is 256 g/mol. The summed E-state index contributed by atoms with van der Waals surface area (Å²) in [4.78, 5) is 16.0. The van der Waals surface area contributed by atoms with E-state index in [1.807, 2.05) is 44.1 Å². The van der Waals surface area contributed by atoms with Crippen LogP contribution < -0.4 is 4.74 Å². The van der Waals surface area contributed by atoms with Crippen molar-refractivity contribution in [3.63, 3.8) is 0 Å². The van der Waals surface area contributed by atoms with Crippen LogP contribution in [0.1, 0.15) is 10.4 Å². The quantitative estimate of drug-likeness (QED) is 0.672. The fourth-order valence-electron chi connectivity index (χ4n) is 1.50. The van der Waals surface area contributed by atoms with Gasteiger partial charge in [0.1, 0.15) is 24.5 Å². The maximum atomic E-state index is 12.0. The molecule has 0 N–H and O–H groups in total. The summed E-state index contributed by atoms with van der Waals surface area (Å²) in [6, 6.07) is 7.17. The highest BCUT2D eigenvalue weighted by Gasteiger charge is 2.13. The summed E-state index contributed by atoms with van der Waals surface area (Å²) in [5.41, 5.74) is 0.477. The molecule has 1 aromatic carbocycles. The van der Waals surface area contributed by atoms with Crippen molar-refractivity contribution in [2.45, 2.75) is 0 Å². The van der Waals surface area contributed by atoms with Crippen LogP contribution in [0.2, 0.25) is 0 Å². The van der Waals surface area contributed by atoms with Gasteiger partial charge in [-0.2, -0.15) is 0 Å². The van der Waals surface area contributed by atoms with E-state index in [2.05, 4.69) is 0 Å². The standard InChI is InChI=1S/C15H24N2O3/c1-16(2)9-11-19-14-8-6-5-7-13(14)15(18)20-12-10-17(3)4/h5-8H,9-12H2,1-4H3. The lowest BCUT2D eigenvalue weighted by molar-refractivity contribution is 0.0477. The summed E-state index contributed by atoms with van der Waals surface area (Å²) < 4.78 is 10.9. The molecule has 0 spiro atoms. The minimum absolute atomic E-state index is 0.340. The molecule has 5 nitrogen and oxygen atoms in total. The van der Waals surface area contributed by atoms with Gasteiger partial charge >= 0.3 is 5.97 Å². The molecule has 0 amide bonds. The highest BCUT2D eigenvalue weighted by atomic mass is 16.5. The second-order valence-electron chi connectivity index (χ2n) is 5.09. The summed E-state index contributed by atoms with van der Waals surface area (Å²) in [6.07, 6.45) is 0. The second-order valence-corrected chi connectivity index (χ2v) is 5.09. The molecule has 0 aliphatic rings. The summed E-state index contributed by atoms with van der Waals surface area (Å²) >= 11 is 0. The summed E-state index contributed by atoms with van der Waals surface area (Å²) in [6.45, 7) is 2.41. The minimum Gasteiger partial charge on any atom is -0.491 e. The summed E-state index contributed by atoms with van der Waals surface area (Å²) in [5.74, 6) is 0.233.